The summed E-state index contributed by atoms with van der Waals surface area (Å²) in [5.41, 5.74) is 0.605. The van der Waals surface area contributed by atoms with Gasteiger partial charge in [-0.1, -0.05) is 0 Å². The lowest BCUT2D eigenvalue weighted by molar-refractivity contribution is -0.147. The molecule has 8 heteroatoms. The van der Waals surface area contributed by atoms with Crippen LogP contribution in [0, 0.1) is 3.57 Å². The minimum atomic E-state index is -1.13. The van der Waals surface area contributed by atoms with Gasteiger partial charge < -0.3 is 20.5 Å². The van der Waals surface area contributed by atoms with Crippen LogP contribution in [0.4, 0.5) is 10.5 Å². The van der Waals surface area contributed by atoms with E-state index in [1.54, 1.807) is 6.07 Å². The van der Waals surface area contributed by atoms with E-state index in [4.69, 9.17) is 9.84 Å². The standard InChI is InChI=1S/C11H12BrIN2O4/c1-19-9(10(16)17)5-14-11(18)15-8-4-6(13)2-3-7(8)12/h2-4,9H,5H2,1H3,(H,16,17)(H2,14,15,18). The van der Waals surface area contributed by atoms with Crippen molar-refractivity contribution in [1.82, 2.24) is 5.32 Å². The van der Waals surface area contributed by atoms with Crippen LogP contribution in [0.1, 0.15) is 0 Å². The molecular weight excluding hydrogens is 431 g/mol. The SMILES string of the molecule is COC(CNC(=O)Nc1cc(I)ccc1Br)C(=O)O. The Labute approximate surface area is 132 Å². The van der Waals surface area contributed by atoms with E-state index < -0.39 is 18.1 Å². The van der Waals surface area contributed by atoms with E-state index in [0.717, 1.165) is 8.04 Å². The second kappa shape index (κ2) is 7.65. The molecule has 1 unspecified atom stereocenters. The number of carboxylic acid groups (broad SMARTS) is 1. The molecule has 0 saturated carbocycles. The number of anilines is 1. The summed E-state index contributed by atoms with van der Waals surface area (Å²) in [6.07, 6.45) is -1.06. The smallest absolute Gasteiger partial charge is 0.334 e. The van der Waals surface area contributed by atoms with Crippen LogP contribution in [0.25, 0.3) is 0 Å². The van der Waals surface area contributed by atoms with Crippen molar-refractivity contribution in [2.45, 2.75) is 6.10 Å². The Morgan fingerprint density at radius 3 is 2.79 bits per heavy atom. The summed E-state index contributed by atoms with van der Waals surface area (Å²) in [4.78, 5) is 22.3. The maximum Gasteiger partial charge on any atom is 0.334 e. The normalized spacial score (nSPS) is 11.7. The van der Waals surface area contributed by atoms with Crippen molar-refractivity contribution in [3.05, 3.63) is 26.2 Å². The van der Waals surface area contributed by atoms with E-state index in [9.17, 15) is 9.59 Å². The van der Waals surface area contributed by atoms with E-state index in [1.165, 1.54) is 7.11 Å². The van der Waals surface area contributed by atoms with Crippen LogP contribution in [0.5, 0.6) is 0 Å². The number of urea groups is 1. The van der Waals surface area contributed by atoms with Gasteiger partial charge in [0.1, 0.15) is 0 Å². The third-order valence-corrected chi connectivity index (χ3v) is 3.55. The van der Waals surface area contributed by atoms with Crippen LogP contribution < -0.4 is 10.6 Å². The molecule has 0 radical (unpaired) electrons. The molecule has 0 spiro atoms. The summed E-state index contributed by atoms with van der Waals surface area (Å²) in [6, 6.07) is 4.99. The van der Waals surface area contributed by atoms with Gasteiger partial charge >= 0.3 is 12.0 Å². The van der Waals surface area contributed by atoms with Crippen LogP contribution in [-0.4, -0.2) is 36.9 Å². The van der Waals surface area contributed by atoms with Gasteiger partial charge in [-0.3, -0.25) is 0 Å². The molecule has 1 atom stereocenters. The number of carboxylic acids is 1. The first kappa shape index (κ1) is 16.2. The lowest BCUT2D eigenvalue weighted by Gasteiger charge is -2.13. The molecule has 0 aromatic heterocycles. The van der Waals surface area contributed by atoms with Crippen LogP contribution in [0.15, 0.2) is 22.7 Å². The number of nitrogens with one attached hydrogen (secondary N) is 2. The van der Waals surface area contributed by atoms with Crippen LogP contribution >= 0.6 is 38.5 Å². The predicted octanol–water partition coefficient (Wildman–Crippen LogP) is 2.27. The fraction of sp³-hybridized carbons (Fsp3) is 0.273. The molecule has 0 saturated heterocycles. The highest BCUT2D eigenvalue weighted by Gasteiger charge is 2.17. The minimum Gasteiger partial charge on any atom is -0.479 e. The summed E-state index contributed by atoms with van der Waals surface area (Å²) in [5, 5.41) is 13.8. The fourth-order valence-corrected chi connectivity index (χ4v) is 2.05. The number of methoxy groups -OCH3 is 1. The van der Waals surface area contributed by atoms with Gasteiger partial charge in [0.15, 0.2) is 6.10 Å². The monoisotopic (exact) mass is 442 g/mol. The Hall–Kier alpha value is -0.870. The zero-order valence-electron chi connectivity index (χ0n) is 9.94. The van der Waals surface area contributed by atoms with Crippen LogP contribution in [0.2, 0.25) is 0 Å². The minimum absolute atomic E-state index is 0.112. The number of amides is 2. The topological polar surface area (TPSA) is 87.7 Å². The quantitative estimate of drug-likeness (QED) is 0.610. The first-order valence-corrected chi connectivity index (χ1v) is 7.06. The van der Waals surface area contributed by atoms with E-state index in [-0.39, 0.29) is 6.54 Å². The Kier molecular flexibility index (Phi) is 6.52. The highest BCUT2D eigenvalue weighted by Crippen LogP contribution is 2.24. The molecule has 0 bridgehead atoms. The third kappa shape index (κ3) is 5.33. The van der Waals surface area contributed by atoms with Crippen molar-refractivity contribution >= 4 is 56.2 Å². The second-order valence-electron chi connectivity index (χ2n) is 3.52. The largest absolute Gasteiger partial charge is 0.479 e. The average molecular weight is 443 g/mol. The highest BCUT2D eigenvalue weighted by atomic mass is 127. The van der Waals surface area contributed by atoms with Crippen molar-refractivity contribution in [2.24, 2.45) is 0 Å². The first-order chi connectivity index (χ1) is 8.93. The van der Waals surface area contributed by atoms with E-state index in [1.807, 2.05) is 12.1 Å². The Balaban J connectivity index is 2.56. The van der Waals surface area contributed by atoms with Crippen LogP contribution in [0.3, 0.4) is 0 Å². The zero-order chi connectivity index (χ0) is 14.4. The Morgan fingerprint density at radius 2 is 2.21 bits per heavy atom. The van der Waals surface area contributed by atoms with Gasteiger partial charge in [0, 0.05) is 15.2 Å². The summed E-state index contributed by atoms with van der Waals surface area (Å²) in [5.74, 6) is -1.13. The molecule has 1 rings (SSSR count). The number of halogens is 2. The number of carbonyl (C=O) groups excluding carboxylic acids is 1. The van der Waals surface area contributed by atoms with Crippen molar-refractivity contribution < 1.29 is 19.4 Å². The molecule has 3 N–H and O–H groups in total. The number of hydrogen-bond donors (Lipinski definition) is 3. The first-order valence-electron chi connectivity index (χ1n) is 5.19. The number of ether oxygens (including phenoxy) is 1. The molecule has 1 aromatic rings. The average Bonchev–Trinajstić information content (AvgIpc) is 2.34. The zero-order valence-corrected chi connectivity index (χ0v) is 13.7. The van der Waals surface area contributed by atoms with Gasteiger partial charge in [-0.2, -0.15) is 0 Å². The van der Waals surface area contributed by atoms with Gasteiger partial charge in [0.05, 0.1) is 12.2 Å². The number of rotatable bonds is 5. The summed E-state index contributed by atoms with van der Waals surface area (Å²) in [7, 11) is 1.27. The molecule has 0 fully saturated rings. The molecule has 19 heavy (non-hydrogen) atoms. The van der Waals surface area contributed by atoms with Crippen molar-refractivity contribution in [3.8, 4) is 0 Å². The van der Waals surface area contributed by atoms with Gasteiger partial charge in [0.2, 0.25) is 0 Å². The lowest BCUT2D eigenvalue weighted by atomic mass is 10.3. The molecule has 1 aromatic carbocycles. The summed E-state index contributed by atoms with van der Waals surface area (Å²) < 4.78 is 6.41. The molecule has 0 aliphatic carbocycles. The maximum absolute atomic E-state index is 11.6. The van der Waals surface area contributed by atoms with Gasteiger partial charge in [-0.05, 0) is 56.7 Å². The Morgan fingerprint density at radius 1 is 1.53 bits per heavy atom. The lowest BCUT2D eigenvalue weighted by Crippen LogP contribution is -2.39. The van der Waals surface area contributed by atoms with Crippen molar-refractivity contribution in [2.75, 3.05) is 19.0 Å². The molecule has 0 heterocycles. The van der Waals surface area contributed by atoms with Gasteiger partial charge in [-0.25, -0.2) is 9.59 Å². The van der Waals surface area contributed by atoms with Crippen molar-refractivity contribution in [3.63, 3.8) is 0 Å². The molecule has 0 aliphatic heterocycles. The van der Waals surface area contributed by atoms with Crippen LogP contribution in [-0.2, 0) is 9.53 Å². The van der Waals surface area contributed by atoms with E-state index >= 15 is 0 Å². The Bertz CT molecular complexity index is 484. The van der Waals surface area contributed by atoms with Gasteiger partial charge in [0.25, 0.3) is 0 Å². The molecule has 104 valence electrons. The number of benzene rings is 1. The fourth-order valence-electron chi connectivity index (χ4n) is 1.22. The van der Waals surface area contributed by atoms with E-state index in [0.29, 0.717) is 5.69 Å². The van der Waals surface area contributed by atoms with E-state index in [2.05, 4.69) is 49.2 Å². The molecule has 6 nitrogen and oxygen atoms in total. The second-order valence-corrected chi connectivity index (χ2v) is 5.62. The third-order valence-electron chi connectivity index (χ3n) is 2.18. The van der Waals surface area contributed by atoms with Gasteiger partial charge in [-0.15, -0.1) is 0 Å². The molecular formula is C11H12BrIN2O4. The molecule has 0 aliphatic rings. The number of carbonyl (C=O) groups is 2. The number of aliphatic carboxylic acids is 1. The number of hydrogen-bond acceptors (Lipinski definition) is 3. The summed E-state index contributed by atoms with van der Waals surface area (Å²) in [6.45, 7) is -0.112. The van der Waals surface area contributed by atoms with Crippen molar-refractivity contribution in [1.29, 1.82) is 0 Å². The predicted molar refractivity (Wildman–Crippen MR) is 82.3 cm³/mol. The maximum atomic E-state index is 11.6. The highest BCUT2D eigenvalue weighted by molar-refractivity contribution is 14.1. The molecule has 2 amide bonds. The summed E-state index contributed by atoms with van der Waals surface area (Å²) >= 11 is 5.44.